The van der Waals surface area contributed by atoms with Gasteiger partial charge in [0, 0.05) is 6.42 Å². The van der Waals surface area contributed by atoms with Crippen LogP contribution in [0.3, 0.4) is 0 Å². The quantitative estimate of drug-likeness (QED) is 0.0199. The maximum absolute atomic E-state index is 13.5. The molecule has 0 aromatic heterocycles. The predicted octanol–water partition coefficient (Wildman–Crippen LogP) is 16.6. The van der Waals surface area contributed by atoms with E-state index in [1.165, 1.54) is 315 Å². The summed E-state index contributed by atoms with van der Waals surface area (Å²) in [5.41, 5.74) is 0. The van der Waals surface area contributed by atoms with Crippen molar-refractivity contribution in [1.29, 1.82) is 0 Å². The number of ether oxygens (including phenoxy) is 6. The van der Waals surface area contributed by atoms with Gasteiger partial charge in [-0.15, -0.1) is 0 Å². The van der Waals surface area contributed by atoms with E-state index in [1.54, 1.807) is 6.08 Å². The highest BCUT2D eigenvalue weighted by atomic mass is 16.8. The number of aliphatic hydroxyl groups is 11. The zero-order valence-electron chi connectivity index (χ0n) is 67.9. The maximum atomic E-state index is 13.5. The highest BCUT2D eigenvalue weighted by molar-refractivity contribution is 5.76. The summed E-state index contributed by atoms with van der Waals surface area (Å²) in [6, 6.07) is -0.990. The van der Waals surface area contributed by atoms with Crippen LogP contribution in [0.5, 0.6) is 0 Å². The molecule has 3 aliphatic rings. The van der Waals surface area contributed by atoms with Crippen molar-refractivity contribution in [3.05, 3.63) is 36.5 Å². The molecule has 3 fully saturated rings. The van der Waals surface area contributed by atoms with Crippen molar-refractivity contribution in [2.45, 2.75) is 491 Å². The van der Waals surface area contributed by atoms with E-state index in [1.807, 2.05) is 6.08 Å². The summed E-state index contributed by atoms with van der Waals surface area (Å²) in [4.78, 5) is 13.5. The monoisotopic (exact) mass is 1520 g/mol. The number of unbranched alkanes of at least 4 members (excludes halogenated alkanes) is 53. The number of hydrogen-bond donors (Lipinski definition) is 12. The fraction of sp³-hybridized carbons (Fsp3) is 0.920. The Balaban J connectivity index is 1.33. The molecule has 0 aromatic rings. The van der Waals surface area contributed by atoms with Gasteiger partial charge in [-0.3, -0.25) is 4.79 Å². The van der Waals surface area contributed by atoms with Gasteiger partial charge in [0.2, 0.25) is 5.91 Å². The molecule has 0 radical (unpaired) electrons. The van der Waals surface area contributed by atoms with E-state index in [0.29, 0.717) is 12.8 Å². The summed E-state index contributed by atoms with van der Waals surface area (Å²) >= 11 is 0. The number of hydrogen-bond acceptors (Lipinski definition) is 18. The molecule has 0 spiro atoms. The first-order valence-corrected chi connectivity index (χ1v) is 44.7. The maximum Gasteiger partial charge on any atom is 0.220 e. The molecule has 1 amide bonds. The molecule has 3 saturated heterocycles. The van der Waals surface area contributed by atoms with Crippen LogP contribution in [-0.2, 0) is 33.2 Å². The van der Waals surface area contributed by atoms with Crippen LogP contribution in [-0.4, -0.2) is 193 Å². The normalized spacial score (nSPS) is 25.6. The molecule has 12 N–H and O–H groups in total. The average molecular weight is 1530 g/mol. The largest absolute Gasteiger partial charge is 0.394 e. The molecular formula is C88H165NO18. The third-order valence-corrected chi connectivity index (χ3v) is 22.4. The summed E-state index contributed by atoms with van der Waals surface area (Å²) in [5, 5.41) is 121. The third kappa shape index (κ3) is 47.5. The van der Waals surface area contributed by atoms with E-state index in [4.69, 9.17) is 28.4 Å². The third-order valence-electron chi connectivity index (χ3n) is 22.4. The van der Waals surface area contributed by atoms with Crippen LogP contribution in [0.4, 0.5) is 0 Å². The summed E-state index contributed by atoms with van der Waals surface area (Å²) in [7, 11) is 0. The molecule has 3 rings (SSSR count). The van der Waals surface area contributed by atoms with Crippen LogP contribution in [0.25, 0.3) is 0 Å². The summed E-state index contributed by atoms with van der Waals surface area (Å²) in [6.45, 7) is 1.78. The Morgan fingerprint density at radius 3 is 0.935 bits per heavy atom. The highest BCUT2D eigenvalue weighted by Gasteiger charge is 2.54. The number of carbonyl (C=O) groups is 1. The molecule has 19 nitrogen and oxygen atoms in total. The van der Waals surface area contributed by atoms with Crippen molar-refractivity contribution in [2.24, 2.45) is 0 Å². The number of aliphatic hydroxyl groups excluding tert-OH is 11. The lowest BCUT2D eigenvalue weighted by Gasteiger charge is -2.48. The lowest BCUT2D eigenvalue weighted by atomic mass is 9.96. The number of carbonyl (C=O) groups excluding carboxylic acids is 1. The van der Waals surface area contributed by atoms with E-state index in [0.717, 1.165) is 38.5 Å². The van der Waals surface area contributed by atoms with Crippen LogP contribution in [0.2, 0.25) is 0 Å². The van der Waals surface area contributed by atoms with Crippen molar-refractivity contribution in [3.63, 3.8) is 0 Å². The molecule has 630 valence electrons. The highest BCUT2D eigenvalue weighted by Crippen LogP contribution is 2.34. The molecule has 17 unspecified atom stereocenters. The fourth-order valence-corrected chi connectivity index (χ4v) is 15.3. The van der Waals surface area contributed by atoms with Crippen molar-refractivity contribution in [2.75, 3.05) is 26.4 Å². The Morgan fingerprint density at radius 1 is 0.327 bits per heavy atom. The Hall–Kier alpha value is -1.99. The molecule has 17 atom stereocenters. The molecule has 3 aliphatic heterocycles. The molecule has 0 aliphatic carbocycles. The lowest BCUT2D eigenvalue weighted by Crippen LogP contribution is -2.66. The van der Waals surface area contributed by atoms with Crippen molar-refractivity contribution < 1.29 is 89.4 Å². The molecule has 0 saturated carbocycles. The minimum Gasteiger partial charge on any atom is -0.394 e. The first-order chi connectivity index (χ1) is 52.3. The van der Waals surface area contributed by atoms with E-state index in [2.05, 4.69) is 43.5 Å². The Labute approximate surface area is 651 Å². The van der Waals surface area contributed by atoms with E-state index < -0.39 is 124 Å². The van der Waals surface area contributed by atoms with Crippen LogP contribution >= 0.6 is 0 Å². The van der Waals surface area contributed by atoms with Gasteiger partial charge < -0.3 is 89.9 Å². The van der Waals surface area contributed by atoms with E-state index in [-0.39, 0.29) is 18.9 Å². The van der Waals surface area contributed by atoms with Gasteiger partial charge in [0.15, 0.2) is 18.9 Å². The SMILES string of the molecule is CCCCCCCCCC/C=C\CCCCCCCCCCCCCCCCCCCCCCCCCC(=O)NC(COC1OC(CO)C(OC2OC(CO)C(OC3OC(CO)C(O)C(O)C3O)C(O)C2O)C(O)C1O)C(O)/C=C/CC/C=C/CCCCCCCCCCCCCCCCCCCCCCC. The van der Waals surface area contributed by atoms with Gasteiger partial charge in [-0.05, 0) is 57.8 Å². The second-order valence-corrected chi connectivity index (χ2v) is 32.1. The van der Waals surface area contributed by atoms with Crippen LogP contribution in [0, 0.1) is 0 Å². The van der Waals surface area contributed by atoms with Gasteiger partial charge in [-0.25, -0.2) is 0 Å². The van der Waals surface area contributed by atoms with Gasteiger partial charge in [-0.2, -0.15) is 0 Å². The van der Waals surface area contributed by atoms with Crippen molar-refractivity contribution >= 4 is 5.91 Å². The van der Waals surface area contributed by atoms with Crippen LogP contribution in [0.1, 0.15) is 386 Å². The predicted molar refractivity (Wildman–Crippen MR) is 429 cm³/mol. The molecule has 107 heavy (non-hydrogen) atoms. The zero-order valence-corrected chi connectivity index (χ0v) is 67.9. The minimum atomic E-state index is -1.98. The first-order valence-electron chi connectivity index (χ1n) is 44.7. The number of amides is 1. The summed E-state index contributed by atoms with van der Waals surface area (Å²) in [5.74, 6) is -0.277. The fourth-order valence-electron chi connectivity index (χ4n) is 15.3. The van der Waals surface area contributed by atoms with Crippen molar-refractivity contribution in [1.82, 2.24) is 5.32 Å². The number of rotatable bonds is 73. The average Bonchev–Trinajstić information content (AvgIpc) is 0.781. The summed E-state index contributed by atoms with van der Waals surface area (Å²) in [6.07, 6.45) is 60.2. The first kappa shape index (κ1) is 99.2. The van der Waals surface area contributed by atoms with Gasteiger partial charge in [0.25, 0.3) is 0 Å². The number of nitrogens with one attached hydrogen (secondary N) is 1. The van der Waals surface area contributed by atoms with Gasteiger partial charge in [0.05, 0.1) is 38.6 Å². The Kier molecular flexibility index (Phi) is 63.4. The smallest absolute Gasteiger partial charge is 0.220 e. The lowest BCUT2D eigenvalue weighted by molar-refractivity contribution is -0.379. The molecule has 0 aromatic carbocycles. The van der Waals surface area contributed by atoms with Gasteiger partial charge in [0.1, 0.15) is 73.2 Å². The minimum absolute atomic E-state index is 0.240. The number of allylic oxidation sites excluding steroid dienone is 5. The molecular weight excluding hydrogens is 1360 g/mol. The second-order valence-electron chi connectivity index (χ2n) is 32.1. The van der Waals surface area contributed by atoms with Crippen LogP contribution in [0.15, 0.2) is 36.5 Å². The Bertz CT molecular complexity index is 2070. The van der Waals surface area contributed by atoms with Crippen LogP contribution < -0.4 is 5.32 Å². The van der Waals surface area contributed by atoms with E-state index >= 15 is 0 Å². The van der Waals surface area contributed by atoms with Crippen molar-refractivity contribution in [3.8, 4) is 0 Å². The summed E-state index contributed by atoms with van der Waals surface area (Å²) < 4.78 is 34.5. The molecule has 3 heterocycles. The Morgan fingerprint density at radius 2 is 0.598 bits per heavy atom. The molecule has 19 heteroatoms. The standard InChI is InChI=1S/C88H165NO18/c1-3-5-7-9-11-13-15-17-19-21-23-25-27-29-31-32-33-34-35-36-37-38-40-42-44-46-48-50-52-54-56-58-60-62-64-66-76(94)89-71(72(93)65-63-61-59-57-55-53-51-49-47-45-43-41-39-30-28-26-24-22-20-18-16-14-12-10-8-6-4-2)70-102-86-82(100)79(97)84(74(68-91)104-86)107-88-83(101)80(98)85(75(69-92)105-88)106-87-81(99)78(96)77(95)73(67-90)103-87/h21,23,55,57,63,65,71-75,77-88,90-93,95-101H,3-20,22,24-54,56,58-62,64,66-70H2,1-2H3,(H,89,94)/b23-21-,57-55+,65-63+. The zero-order chi connectivity index (χ0) is 77.4. The van der Waals surface area contributed by atoms with E-state index in [9.17, 15) is 61.0 Å². The second kappa shape index (κ2) is 68.4. The molecule has 0 bridgehead atoms. The topological polar surface area (TPSA) is 307 Å². The van der Waals surface area contributed by atoms with Gasteiger partial charge >= 0.3 is 0 Å². The van der Waals surface area contributed by atoms with Gasteiger partial charge in [-0.1, -0.05) is 359 Å².